The van der Waals surface area contributed by atoms with Crippen LogP contribution in [0, 0.1) is 0 Å². The molecular formula is C19H23F3N4O4. The van der Waals surface area contributed by atoms with Crippen LogP contribution < -0.4 is 4.90 Å². The lowest BCUT2D eigenvalue weighted by atomic mass is 9.90. The number of furan rings is 1. The number of aromatic nitrogens is 2. The van der Waals surface area contributed by atoms with Crippen LogP contribution >= 0.6 is 0 Å². The first-order valence-corrected chi connectivity index (χ1v) is 9.47. The molecule has 2 fully saturated rings. The molecule has 0 aliphatic carbocycles. The standard InChI is InChI=1S/C17H22N4O2.C2HF3O2/c1-3-15(22-9-1)12-20-8-10-23-17(13-20)4-2-7-21(14-17)16-11-18-5-6-19-16;3-2(4,5)1(6)7/h1,3,5-6,9,11H,2,4,7-8,10,12-14H2;(H,6,7). The summed E-state index contributed by atoms with van der Waals surface area (Å²) in [5.74, 6) is -0.797. The Morgan fingerprint density at radius 1 is 1.27 bits per heavy atom. The van der Waals surface area contributed by atoms with Crippen molar-refractivity contribution in [3.05, 3.63) is 42.7 Å². The molecule has 11 heteroatoms. The van der Waals surface area contributed by atoms with Crippen LogP contribution in [0.15, 0.2) is 41.4 Å². The van der Waals surface area contributed by atoms with Crippen molar-refractivity contribution in [1.29, 1.82) is 0 Å². The minimum absolute atomic E-state index is 0.111. The lowest BCUT2D eigenvalue weighted by Crippen LogP contribution is -2.59. The highest BCUT2D eigenvalue weighted by Gasteiger charge is 2.41. The van der Waals surface area contributed by atoms with Crippen LogP contribution in [0.3, 0.4) is 0 Å². The summed E-state index contributed by atoms with van der Waals surface area (Å²) in [6.07, 6.45) is 4.17. The molecule has 0 bridgehead atoms. The smallest absolute Gasteiger partial charge is 0.475 e. The third kappa shape index (κ3) is 5.92. The summed E-state index contributed by atoms with van der Waals surface area (Å²) >= 11 is 0. The Morgan fingerprint density at radius 3 is 2.70 bits per heavy atom. The van der Waals surface area contributed by atoms with Crippen molar-refractivity contribution in [1.82, 2.24) is 14.9 Å². The number of morpholine rings is 1. The van der Waals surface area contributed by atoms with Gasteiger partial charge in [-0.25, -0.2) is 9.78 Å². The second kappa shape index (κ2) is 9.43. The monoisotopic (exact) mass is 428 g/mol. The molecule has 2 saturated heterocycles. The van der Waals surface area contributed by atoms with E-state index in [4.69, 9.17) is 19.1 Å². The highest BCUT2D eigenvalue weighted by Crippen LogP contribution is 2.31. The van der Waals surface area contributed by atoms with E-state index in [1.54, 1.807) is 18.7 Å². The quantitative estimate of drug-likeness (QED) is 0.798. The molecule has 1 spiro atoms. The van der Waals surface area contributed by atoms with E-state index in [-0.39, 0.29) is 5.60 Å². The Labute approximate surface area is 171 Å². The summed E-state index contributed by atoms with van der Waals surface area (Å²) in [6, 6.07) is 3.98. The maximum atomic E-state index is 10.6. The van der Waals surface area contributed by atoms with Crippen LogP contribution in [0.2, 0.25) is 0 Å². The molecule has 2 aliphatic rings. The molecule has 0 aromatic carbocycles. The Morgan fingerprint density at radius 2 is 2.07 bits per heavy atom. The molecule has 4 rings (SSSR count). The van der Waals surface area contributed by atoms with Crippen molar-refractivity contribution in [2.45, 2.75) is 31.2 Å². The van der Waals surface area contributed by atoms with Crippen molar-refractivity contribution in [2.75, 3.05) is 37.7 Å². The van der Waals surface area contributed by atoms with Gasteiger partial charge in [-0.05, 0) is 25.0 Å². The van der Waals surface area contributed by atoms with Gasteiger partial charge in [-0.3, -0.25) is 9.88 Å². The van der Waals surface area contributed by atoms with Gasteiger partial charge >= 0.3 is 12.1 Å². The zero-order chi connectivity index (χ0) is 21.6. The molecule has 164 valence electrons. The van der Waals surface area contributed by atoms with Crippen LogP contribution in [0.25, 0.3) is 0 Å². The fourth-order valence-corrected chi connectivity index (χ4v) is 3.68. The normalized spacial score (nSPS) is 22.4. The largest absolute Gasteiger partial charge is 0.490 e. The average molecular weight is 428 g/mol. The van der Waals surface area contributed by atoms with Gasteiger partial charge in [-0.2, -0.15) is 13.2 Å². The Bertz CT molecular complexity index is 800. The van der Waals surface area contributed by atoms with Crippen molar-refractivity contribution in [3.63, 3.8) is 0 Å². The summed E-state index contributed by atoms with van der Waals surface area (Å²) in [5.41, 5.74) is -0.111. The van der Waals surface area contributed by atoms with Crippen molar-refractivity contribution >= 4 is 11.8 Å². The number of nitrogens with zero attached hydrogens (tertiary/aromatic N) is 4. The van der Waals surface area contributed by atoms with E-state index in [0.717, 1.165) is 63.8 Å². The van der Waals surface area contributed by atoms with E-state index in [9.17, 15) is 13.2 Å². The van der Waals surface area contributed by atoms with E-state index < -0.39 is 12.1 Å². The third-order valence-corrected chi connectivity index (χ3v) is 4.94. The van der Waals surface area contributed by atoms with Gasteiger partial charge in [0.25, 0.3) is 0 Å². The molecule has 2 aliphatic heterocycles. The SMILES string of the molecule is O=C(O)C(F)(F)F.c1coc(CN2CCOC3(CCCN(c4cnccn4)C3)C2)c1. The van der Waals surface area contributed by atoms with Gasteiger partial charge in [0.05, 0.1) is 31.2 Å². The topological polar surface area (TPSA) is 91.9 Å². The molecule has 2 aromatic heterocycles. The van der Waals surface area contributed by atoms with Crippen LogP contribution in [-0.4, -0.2) is 70.5 Å². The van der Waals surface area contributed by atoms with Gasteiger partial charge in [0.15, 0.2) is 0 Å². The van der Waals surface area contributed by atoms with Gasteiger partial charge in [0.1, 0.15) is 11.6 Å². The molecular weight excluding hydrogens is 405 g/mol. The van der Waals surface area contributed by atoms with Gasteiger partial charge in [-0.15, -0.1) is 0 Å². The van der Waals surface area contributed by atoms with Gasteiger partial charge < -0.3 is 19.2 Å². The lowest BCUT2D eigenvalue weighted by molar-refractivity contribution is -0.192. The first kappa shape index (κ1) is 22.0. The average Bonchev–Trinajstić information content (AvgIpc) is 3.21. The number of halogens is 3. The van der Waals surface area contributed by atoms with Gasteiger partial charge in [0, 0.05) is 38.6 Å². The second-order valence-corrected chi connectivity index (χ2v) is 7.21. The highest BCUT2D eigenvalue weighted by molar-refractivity contribution is 5.73. The second-order valence-electron chi connectivity index (χ2n) is 7.21. The van der Waals surface area contributed by atoms with E-state index in [1.807, 2.05) is 18.3 Å². The number of carboxylic acid groups (broad SMARTS) is 1. The van der Waals surface area contributed by atoms with Crippen molar-refractivity contribution in [2.24, 2.45) is 0 Å². The molecule has 0 radical (unpaired) electrons. The number of aliphatic carboxylic acids is 1. The van der Waals surface area contributed by atoms with Crippen LogP contribution in [0.5, 0.6) is 0 Å². The van der Waals surface area contributed by atoms with E-state index in [0.29, 0.717) is 0 Å². The summed E-state index contributed by atoms with van der Waals surface area (Å²) in [7, 11) is 0. The molecule has 2 aromatic rings. The zero-order valence-corrected chi connectivity index (χ0v) is 16.2. The van der Waals surface area contributed by atoms with Gasteiger partial charge in [-0.1, -0.05) is 0 Å². The maximum absolute atomic E-state index is 10.6. The minimum atomic E-state index is -5.08. The third-order valence-electron chi connectivity index (χ3n) is 4.94. The Balaban J connectivity index is 0.000000318. The summed E-state index contributed by atoms with van der Waals surface area (Å²) in [5, 5.41) is 7.12. The van der Waals surface area contributed by atoms with Crippen molar-refractivity contribution in [3.8, 4) is 0 Å². The molecule has 8 nitrogen and oxygen atoms in total. The van der Waals surface area contributed by atoms with Crippen LogP contribution in [0.1, 0.15) is 18.6 Å². The van der Waals surface area contributed by atoms with E-state index in [2.05, 4.69) is 19.8 Å². The zero-order valence-electron chi connectivity index (χ0n) is 16.2. The summed E-state index contributed by atoms with van der Waals surface area (Å²) in [6.45, 7) is 5.40. The van der Waals surface area contributed by atoms with Crippen LogP contribution in [-0.2, 0) is 16.1 Å². The number of hydrogen-bond acceptors (Lipinski definition) is 7. The highest BCUT2D eigenvalue weighted by atomic mass is 19.4. The Hall–Kier alpha value is -2.66. The molecule has 0 saturated carbocycles. The molecule has 1 N–H and O–H groups in total. The number of carbonyl (C=O) groups is 1. The fraction of sp³-hybridized carbons (Fsp3) is 0.526. The number of rotatable bonds is 3. The molecule has 30 heavy (non-hydrogen) atoms. The van der Waals surface area contributed by atoms with E-state index in [1.165, 1.54) is 0 Å². The number of carboxylic acids is 1. The number of ether oxygens (including phenoxy) is 1. The molecule has 4 heterocycles. The maximum Gasteiger partial charge on any atom is 0.490 e. The molecule has 1 unspecified atom stereocenters. The predicted octanol–water partition coefficient (Wildman–Crippen LogP) is 2.57. The minimum Gasteiger partial charge on any atom is -0.475 e. The number of hydrogen-bond donors (Lipinski definition) is 1. The van der Waals surface area contributed by atoms with Crippen molar-refractivity contribution < 1.29 is 32.2 Å². The first-order valence-electron chi connectivity index (χ1n) is 9.47. The predicted molar refractivity (Wildman–Crippen MR) is 99.8 cm³/mol. The number of alkyl halides is 3. The summed E-state index contributed by atoms with van der Waals surface area (Å²) < 4.78 is 43.5. The van der Waals surface area contributed by atoms with Crippen LogP contribution in [0.4, 0.5) is 19.0 Å². The van der Waals surface area contributed by atoms with Gasteiger partial charge in [0.2, 0.25) is 0 Å². The molecule has 1 atom stereocenters. The number of piperidine rings is 1. The first-order chi connectivity index (χ1) is 14.3. The summed E-state index contributed by atoms with van der Waals surface area (Å²) in [4.78, 5) is 22.3. The number of anilines is 1. The Kier molecular flexibility index (Phi) is 6.93. The van der Waals surface area contributed by atoms with E-state index >= 15 is 0 Å². The lowest BCUT2D eigenvalue weighted by Gasteiger charge is -2.48. The fourth-order valence-electron chi connectivity index (χ4n) is 3.68. The molecule has 0 amide bonds.